The number of rotatable bonds is 5. The maximum atomic E-state index is 13.5. The highest BCUT2D eigenvalue weighted by Gasteiger charge is 2.32. The molecule has 0 aliphatic carbocycles. The van der Waals surface area contributed by atoms with Gasteiger partial charge in [-0.05, 0) is 53.9 Å². The molecule has 0 saturated carbocycles. The maximum absolute atomic E-state index is 13.5. The zero-order valence-corrected chi connectivity index (χ0v) is 21.3. The molecule has 0 bridgehead atoms. The van der Waals surface area contributed by atoms with E-state index in [0.29, 0.717) is 45.6 Å². The van der Waals surface area contributed by atoms with Crippen molar-refractivity contribution in [3.05, 3.63) is 95.7 Å². The Bertz CT molecular complexity index is 1690. The molecular formula is C28H22F3N3O4S. The Labute approximate surface area is 222 Å². The van der Waals surface area contributed by atoms with Crippen LogP contribution in [0.15, 0.2) is 79.0 Å². The van der Waals surface area contributed by atoms with Crippen LogP contribution in [0.3, 0.4) is 0 Å². The Kier molecular flexibility index (Phi) is 6.55. The number of pyridine rings is 1. The number of aromatic hydroxyl groups is 1. The molecule has 1 amide bonds. The predicted molar refractivity (Wildman–Crippen MR) is 142 cm³/mol. The second-order valence-electron chi connectivity index (χ2n) is 9.14. The van der Waals surface area contributed by atoms with Gasteiger partial charge >= 0.3 is 6.18 Å². The number of benzene rings is 3. The SMILES string of the molecule is CS(=O)(=O)Nc1cc(N2CCc3cc(-c4ncc(C(F)(F)F)cc4-c4ccccc4)ccc3C2=O)ccc1O. The second kappa shape index (κ2) is 9.73. The molecule has 0 unspecified atom stereocenters. The Morgan fingerprint density at radius 1 is 0.949 bits per heavy atom. The lowest BCUT2D eigenvalue weighted by atomic mass is 9.92. The van der Waals surface area contributed by atoms with E-state index in [1.54, 1.807) is 48.5 Å². The standard InChI is InChI=1S/C28H22F3N3O4S/c1-39(37,38)33-24-15-21(8-10-25(24)35)34-12-11-18-13-19(7-9-22(18)27(34)36)26-23(17-5-3-2-4-6-17)14-20(16-32-26)28(29,30)31/h2-10,13-16,33,35H,11-12H2,1H3. The van der Waals surface area contributed by atoms with Crippen LogP contribution in [0.2, 0.25) is 0 Å². The molecule has 3 aromatic carbocycles. The zero-order chi connectivity index (χ0) is 27.9. The van der Waals surface area contributed by atoms with Crippen LogP contribution in [-0.2, 0) is 22.6 Å². The molecule has 11 heteroatoms. The number of fused-ring (bicyclic) bond motifs is 1. The monoisotopic (exact) mass is 553 g/mol. The number of hydrogen-bond acceptors (Lipinski definition) is 5. The Morgan fingerprint density at radius 2 is 1.69 bits per heavy atom. The summed E-state index contributed by atoms with van der Waals surface area (Å²) in [5.41, 5.74) is 2.45. The average molecular weight is 554 g/mol. The number of aromatic nitrogens is 1. The van der Waals surface area contributed by atoms with Crippen molar-refractivity contribution < 1.29 is 31.5 Å². The highest BCUT2D eigenvalue weighted by Crippen LogP contribution is 2.38. The molecule has 39 heavy (non-hydrogen) atoms. The van der Waals surface area contributed by atoms with Gasteiger partial charge in [0.05, 0.1) is 23.2 Å². The Morgan fingerprint density at radius 3 is 2.38 bits per heavy atom. The van der Waals surface area contributed by atoms with Crippen molar-refractivity contribution in [3.8, 4) is 28.1 Å². The predicted octanol–water partition coefficient (Wildman–Crippen LogP) is 5.71. The van der Waals surface area contributed by atoms with E-state index >= 15 is 0 Å². The van der Waals surface area contributed by atoms with Gasteiger partial charge in [-0.25, -0.2) is 8.42 Å². The van der Waals surface area contributed by atoms with E-state index in [1.807, 2.05) is 0 Å². The van der Waals surface area contributed by atoms with Crippen molar-refractivity contribution in [1.29, 1.82) is 0 Å². The molecule has 0 fully saturated rings. The van der Waals surface area contributed by atoms with Crippen LogP contribution in [0, 0.1) is 0 Å². The molecule has 1 aromatic heterocycles. The van der Waals surface area contributed by atoms with Gasteiger partial charge in [-0.15, -0.1) is 0 Å². The number of sulfonamides is 1. The molecule has 2 N–H and O–H groups in total. The summed E-state index contributed by atoms with van der Waals surface area (Å²) >= 11 is 0. The molecule has 4 aromatic rings. The molecular weight excluding hydrogens is 531 g/mol. The third kappa shape index (κ3) is 5.44. The second-order valence-corrected chi connectivity index (χ2v) is 10.9. The molecule has 1 aliphatic rings. The highest BCUT2D eigenvalue weighted by atomic mass is 32.2. The molecule has 0 spiro atoms. The van der Waals surface area contributed by atoms with Crippen molar-refractivity contribution in [3.63, 3.8) is 0 Å². The van der Waals surface area contributed by atoms with Crippen LogP contribution in [0.5, 0.6) is 5.75 Å². The van der Waals surface area contributed by atoms with Crippen molar-refractivity contribution in [2.45, 2.75) is 12.6 Å². The first-order valence-corrected chi connectivity index (χ1v) is 13.7. The molecule has 0 saturated heterocycles. The van der Waals surface area contributed by atoms with Crippen LogP contribution < -0.4 is 9.62 Å². The number of anilines is 2. The number of carbonyl (C=O) groups is 1. The highest BCUT2D eigenvalue weighted by molar-refractivity contribution is 7.92. The summed E-state index contributed by atoms with van der Waals surface area (Å²) in [7, 11) is -3.66. The van der Waals surface area contributed by atoms with E-state index in [-0.39, 0.29) is 23.9 Å². The quantitative estimate of drug-likeness (QED) is 0.308. The summed E-state index contributed by atoms with van der Waals surface area (Å²) < 4.78 is 65.9. The number of carbonyl (C=O) groups excluding carboxylic acids is 1. The number of phenols is 1. The van der Waals surface area contributed by atoms with Crippen LogP contribution >= 0.6 is 0 Å². The first-order chi connectivity index (χ1) is 18.4. The van der Waals surface area contributed by atoms with Crippen LogP contribution in [0.25, 0.3) is 22.4 Å². The van der Waals surface area contributed by atoms with Crippen molar-refractivity contribution in [2.24, 2.45) is 0 Å². The van der Waals surface area contributed by atoms with E-state index in [4.69, 9.17) is 0 Å². The average Bonchev–Trinajstić information content (AvgIpc) is 2.89. The van der Waals surface area contributed by atoms with E-state index in [9.17, 15) is 31.5 Å². The minimum absolute atomic E-state index is 0.0502. The van der Waals surface area contributed by atoms with Crippen molar-refractivity contribution in [2.75, 3.05) is 22.4 Å². The van der Waals surface area contributed by atoms with Crippen molar-refractivity contribution in [1.82, 2.24) is 4.98 Å². The van der Waals surface area contributed by atoms with Gasteiger partial charge < -0.3 is 10.0 Å². The minimum atomic E-state index is -4.55. The van der Waals surface area contributed by atoms with Gasteiger partial charge in [0.2, 0.25) is 10.0 Å². The summed E-state index contributed by atoms with van der Waals surface area (Å²) in [6.45, 7) is 0.268. The topological polar surface area (TPSA) is 99.6 Å². The lowest BCUT2D eigenvalue weighted by molar-refractivity contribution is -0.137. The molecule has 1 aliphatic heterocycles. The number of hydrogen-bond donors (Lipinski definition) is 2. The smallest absolute Gasteiger partial charge is 0.417 e. The Balaban J connectivity index is 1.51. The van der Waals surface area contributed by atoms with Crippen LogP contribution in [-0.4, -0.2) is 37.2 Å². The minimum Gasteiger partial charge on any atom is -0.506 e. The molecule has 7 nitrogen and oxygen atoms in total. The first kappa shape index (κ1) is 26.2. The molecule has 2 heterocycles. The number of nitrogens with one attached hydrogen (secondary N) is 1. The van der Waals surface area contributed by atoms with Gasteiger partial charge in [0.1, 0.15) is 5.75 Å². The number of halogens is 3. The molecule has 200 valence electrons. The van der Waals surface area contributed by atoms with E-state index in [0.717, 1.165) is 18.5 Å². The number of alkyl halides is 3. The summed E-state index contributed by atoms with van der Waals surface area (Å²) in [4.78, 5) is 19.0. The molecule has 0 radical (unpaired) electrons. The van der Waals surface area contributed by atoms with E-state index < -0.39 is 21.8 Å². The summed E-state index contributed by atoms with van der Waals surface area (Å²) in [5, 5.41) is 10.0. The largest absolute Gasteiger partial charge is 0.506 e. The van der Waals surface area contributed by atoms with E-state index in [1.165, 1.54) is 23.1 Å². The van der Waals surface area contributed by atoms with Gasteiger partial charge in [-0.1, -0.05) is 36.4 Å². The Hall–Kier alpha value is -4.38. The molecule has 0 atom stereocenters. The zero-order valence-electron chi connectivity index (χ0n) is 20.5. The van der Waals surface area contributed by atoms with Crippen LogP contribution in [0.4, 0.5) is 24.5 Å². The van der Waals surface area contributed by atoms with Gasteiger partial charge in [-0.2, -0.15) is 13.2 Å². The number of amides is 1. The summed E-state index contributed by atoms with van der Waals surface area (Å²) in [6, 6.07) is 19.0. The van der Waals surface area contributed by atoms with Gasteiger partial charge in [0, 0.05) is 35.1 Å². The van der Waals surface area contributed by atoms with Gasteiger partial charge in [0.15, 0.2) is 0 Å². The fraction of sp³-hybridized carbons (Fsp3) is 0.143. The fourth-order valence-corrected chi connectivity index (χ4v) is 5.11. The first-order valence-electron chi connectivity index (χ1n) is 11.8. The van der Waals surface area contributed by atoms with Gasteiger partial charge in [-0.3, -0.25) is 14.5 Å². The third-order valence-corrected chi connectivity index (χ3v) is 6.94. The summed E-state index contributed by atoms with van der Waals surface area (Å²) in [5.74, 6) is -0.612. The third-order valence-electron chi connectivity index (χ3n) is 6.35. The number of nitrogens with zero attached hydrogens (tertiary/aromatic N) is 2. The fourth-order valence-electron chi connectivity index (χ4n) is 4.54. The van der Waals surface area contributed by atoms with E-state index in [2.05, 4.69) is 9.71 Å². The lowest BCUT2D eigenvalue weighted by Gasteiger charge is -2.29. The van der Waals surface area contributed by atoms with Gasteiger partial charge in [0.25, 0.3) is 5.91 Å². The number of phenolic OH excluding ortho intramolecular Hbond substituents is 1. The molecule has 5 rings (SSSR count). The summed E-state index contributed by atoms with van der Waals surface area (Å²) in [6.07, 6.45) is -2.35. The normalized spacial score (nSPS) is 13.7. The van der Waals surface area contributed by atoms with Crippen molar-refractivity contribution >= 4 is 27.3 Å². The van der Waals surface area contributed by atoms with Crippen LogP contribution in [0.1, 0.15) is 21.5 Å². The maximum Gasteiger partial charge on any atom is 0.417 e. The lowest BCUT2D eigenvalue weighted by Crippen LogP contribution is -2.37.